The van der Waals surface area contributed by atoms with Crippen molar-refractivity contribution in [1.82, 2.24) is 15.1 Å². The molecule has 1 atom stereocenters. The van der Waals surface area contributed by atoms with Crippen LogP contribution in [0.5, 0.6) is 0 Å². The van der Waals surface area contributed by atoms with Gasteiger partial charge >= 0.3 is 0 Å². The minimum Gasteiger partial charge on any atom is -0.352 e. The number of carbonyl (C=O) groups excluding carboxylic acids is 1. The van der Waals surface area contributed by atoms with Crippen LogP contribution in [0, 0.1) is 5.41 Å². The SMILES string of the molecule is CN(C)CCC1(C)CCN(Cc2ccc(CCNC(=O)c3ccc(-c4ccc(Cl)cc4)cc3)cc2)C1. The Balaban J connectivity index is 1.21. The molecule has 4 nitrogen and oxygen atoms in total. The molecule has 0 bridgehead atoms. The second-order valence-electron chi connectivity index (χ2n) is 10.7. The molecule has 3 aromatic carbocycles. The van der Waals surface area contributed by atoms with Crippen LogP contribution in [0.3, 0.4) is 0 Å². The van der Waals surface area contributed by atoms with Gasteiger partial charge in [-0.05, 0) is 98.4 Å². The van der Waals surface area contributed by atoms with Gasteiger partial charge in [0.2, 0.25) is 0 Å². The number of halogens is 1. The highest BCUT2D eigenvalue weighted by Gasteiger charge is 2.33. The zero-order valence-electron chi connectivity index (χ0n) is 21.8. The molecule has 0 aromatic heterocycles. The quantitative estimate of drug-likeness (QED) is 0.361. The molecule has 0 saturated carbocycles. The van der Waals surface area contributed by atoms with Gasteiger partial charge < -0.3 is 10.2 Å². The second-order valence-corrected chi connectivity index (χ2v) is 11.2. The van der Waals surface area contributed by atoms with Crippen LogP contribution in [-0.2, 0) is 13.0 Å². The van der Waals surface area contributed by atoms with Crippen LogP contribution in [0.15, 0.2) is 72.8 Å². The van der Waals surface area contributed by atoms with E-state index < -0.39 is 0 Å². The van der Waals surface area contributed by atoms with Crippen LogP contribution in [0.4, 0.5) is 0 Å². The zero-order chi connectivity index (χ0) is 25.5. The highest BCUT2D eigenvalue weighted by atomic mass is 35.5. The molecule has 190 valence electrons. The van der Waals surface area contributed by atoms with Crippen molar-refractivity contribution in [3.63, 3.8) is 0 Å². The third kappa shape index (κ3) is 7.42. The molecule has 1 aliphatic rings. The zero-order valence-corrected chi connectivity index (χ0v) is 22.5. The topological polar surface area (TPSA) is 35.6 Å². The lowest BCUT2D eigenvalue weighted by Gasteiger charge is -2.26. The van der Waals surface area contributed by atoms with Crippen LogP contribution in [0.2, 0.25) is 5.02 Å². The number of carbonyl (C=O) groups is 1. The van der Waals surface area contributed by atoms with E-state index >= 15 is 0 Å². The molecule has 4 rings (SSSR count). The summed E-state index contributed by atoms with van der Waals surface area (Å²) in [5.41, 5.74) is 5.85. The molecule has 36 heavy (non-hydrogen) atoms. The molecular weight excluding hydrogens is 466 g/mol. The van der Waals surface area contributed by atoms with Crippen molar-refractivity contribution < 1.29 is 4.79 Å². The summed E-state index contributed by atoms with van der Waals surface area (Å²) >= 11 is 5.97. The Bertz CT molecular complexity index is 1130. The van der Waals surface area contributed by atoms with Crippen molar-refractivity contribution in [2.24, 2.45) is 5.41 Å². The van der Waals surface area contributed by atoms with Crippen LogP contribution >= 0.6 is 11.6 Å². The van der Waals surface area contributed by atoms with Gasteiger partial charge in [0, 0.05) is 30.2 Å². The lowest BCUT2D eigenvalue weighted by Crippen LogP contribution is -2.28. The van der Waals surface area contributed by atoms with Crippen molar-refractivity contribution in [3.05, 3.63) is 94.5 Å². The molecule has 5 heteroatoms. The summed E-state index contributed by atoms with van der Waals surface area (Å²) in [6.07, 6.45) is 3.36. The Labute approximate surface area is 221 Å². The maximum absolute atomic E-state index is 12.6. The van der Waals surface area contributed by atoms with Gasteiger partial charge in [-0.1, -0.05) is 67.1 Å². The van der Waals surface area contributed by atoms with Crippen LogP contribution in [-0.4, -0.2) is 56.0 Å². The molecule has 1 aliphatic heterocycles. The predicted octanol–water partition coefficient (Wildman–Crippen LogP) is 6.14. The Morgan fingerprint density at radius 3 is 2.19 bits per heavy atom. The second kappa shape index (κ2) is 12.1. The van der Waals surface area contributed by atoms with E-state index in [2.05, 4.69) is 60.4 Å². The first kappa shape index (κ1) is 26.4. The smallest absolute Gasteiger partial charge is 0.251 e. The van der Waals surface area contributed by atoms with Crippen molar-refractivity contribution in [3.8, 4) is 11.1 Å². The van der Waals surface area contributed by atoms with Crippen LogP contribution in [0.1, 0.15) is 41.3 Å². The number of hydrogen-bond acceptors (Lipinski definition) is 3. The third-order valence-corrected chi connectivity index (χ3v) is 7.50. The number of rotatable bonds is 10. The fourth-order valence-electron chi connectivity index (χ4n) is 4.91. The minimum absolute atomic E-state index is 0.0411. The van der Waals surface area contributed by atoms with E-state index in [1.54, 1.807) is 0 Å². The Kier molecular flexibility index (Phi) is 8.84. The molecule has 3 aromatic rings. The molecule has 1 fully saturated rings. The standard InChI is InChI=1S/C31H38ClN3O/c1-31(17-20-34(2)3)18-21-35(23-31)22-25-6-4-24(5-7-25)16-19-33-30(36)28-10-8-26(9-11-28)27-12-14-29(32)15-13-27/h4-15H,16-23H2,1-3H3,(H,33,36). The molecular formula is C31H38ClN3O. The molecule has 1 saturated heterocycles. The number of amides is 1. The maximum atomic E-state index is 12.6. The first-order chi connectivity index (χ1) is 17.3. The summed E-state index contributed by atoms with van der Waals surface area (Å²) in [7, 11) is 4.31. The van der Waals surface area contributed by atoms with Crippen LogP contribution in [0.25, 0.3) is 11.1 Å². The normalized spacial score (nSPS) is 18.0. The van der Waals surface area contributed by atoms with E-state index in [0.29, 0.717) is 17.5 Å². The summed E-state index contributed by atoms with van der Waals surface area (Å²) in [5.74, 6) is -0.0411. The monoisotopic (exact) mass is 503 g/mol. The fraction of sp³-hybridized carbons (Fsp3) is 0.387. The molecule has 0 radical (unpaired) electrons. The Morgan fingerprint density at radius 1 is 0.944 bits per heavy atom. The average molecular weight is 504 g/mol. The molecule has 1 amide bonds. The molecule has 0 spiro atoms. The summed E-state index contributed by atoms with van der Waals surface area (Å²) < 4.78 is 0. The molecule has 1 N–H and O–H groups in total. The van der Waals surface area contributed by atoms with E-state index in [0.717, 1.165) is 35.7 Å². The van der Waals surface area contributed by atoms with Crippen LogP contribution < -0.4 is 5.32 Å². The van der Waals surface area contributed by atoms with E-state index in [1.165, 1.54) is 37.1 Å². The van der Waals surface area contributed by atoms with Crippen molar-refractivity contribution in [2.45, 2.75) is 32.7 Å². The first-order valence-corrected chi connectivity index (χ1v) is 13.3. The minimum atomic E-state index is -0.0411. The lowest BCUT2D eigenvalue weighted by molar-refractivity contribution is 0.0954. The van der Waals surface area contributed by atoms with Gasteiger partial charge in [0.05, 0.1) is 0 Å². The average Bonchev–Trinajstić information content (AvgIpc) is 3.25. The highest BCUT2D eigenvalue weighted by Crippen LogP contribution is 2.34. The summed E-state index contributed by atoms with van der Waals surface area (Å²) in [6, 6.07) is 24.3. The van der Waals surface area contributed by atoms with Gasteiger partial charge in [0.15, 0.2) is 0 Å². The van der Waals surface area contributed by atoms with Crippen molar-refractivity contribution in [2.75, 3.05) is 40.3 Å². The summed E-state index contributed by atoms with van der Waals surface area (Å²) in [6.45, 7) is 7.58. The number of nitrogens with zero attached hydrogens (tertiary/aromatic N) is 2. The third-order valence-electron chi connectivity index (χ3n) is 7.25. The first-order valence-electron chi connectivity index (χ1n) is 12.9. The van der Waals surface area contributed by atoms with E-state index in [4.69, 9.17) is 11.6 Å². The van der Waals surface area contributed by atoms with E-state index in [-0.39, 0.29) is 5.91 Å². The Morgan fingerprint density at radius 2 is 1.56 bits per heavy atom. The predicted molar refractivity (Wildman–Crippen MR) is 151 cm³/mol. The van der Waals surface area contributed by atoms with Gasteiger partial charge in [-0.3, -0.25) is 9.69 Å². The Hall–Kier alpha value is -2.66. The lowest BCUT2D eigenvalue weighted by atomic mass is 9.86. The molecule has 1 unspecified atom stereocenters. The summed E-state index contributed by atoms with van der Waals surface area (Å²) in [5, 5.41) is 3.77. The van der Waals surface area contributed by atoms with Gasteiger partial charge in [-0.15, -0.1) is 0 Å². The molecule has 0 aliphatic carbocycles. The van der Waals surface area contributed by atoms with Crippen molar-refractivity contribution in [1.29, 1.82) is 0 Å². The number of hydrogen-bond donors (Lipinski definition) is 1. The van der Waals surface area contributed by atoms with E-state index in [1.807, 2.05) is 48.5 Å². The van der Waals surface area contributed by atoms with Gasteiger partial charge in [-0.2, -0.15) is 0 Å². The van der Waals surface area contributed by atoms with Gasteiger partial charge in [-0.25, -0.2) is 0 Å². The number of likely N-dealkylation sites (tertiary alicyclic amines) is 1. The number of nitrogens with one attached hydrogen (secondary N) is 1. The van der Waals surface area contributed by atoms with Gasteiger partial charge in [0.25, 0.3) is 5.91 Å². The largest absolute Gasteiger partial charge is 0.352 e. The van der Waals surface area contributed by atoms with Gasteiger partial charge in [0.1, 0.15) is 0 Å². The molecule has 1 heterocycles. The summed E-state index contributed by atoms with van der Waals surface area (Å²) in [4.78, 5) is 17.4. The van der Waals surface area contributed by atoms with Crippen molar-refractivity contribution >= 4 is 17.5 Å². The van der Waals surface area contributed by atoms with E-state index in [9.17, 15) is 4.79 Å². The highest BCUT2D eigenvalue weighted by molar-refractivity contribution is 6.30. The number of benzene rings is 3. The fourth-order valence-corrected chi connectivity index (χ4v) is 5.03. The maximum Gasteiger partial charge on any atom is 0.251 e.